The van der Waals surface area contributed by atoms with Crippen molar-refractivity contribution in [2.24, 2.45) is 0 Å². The Kier molecular flexibility index (Phi) is 3.38. The monoisotopic (exact) mass is 343 g/mol. The van der Waals surface area contributed by atoms with Crippen LogP contribution in [0.1, 0.15) is 12.8 Å². The second-order valence-corrected chi connectivity index (χ2v) is 5.28. The van der Waals surface area contributed by atoms with E-state index in [4.69, 9.17) is 4.74 Å². The van der Waals surface area contributed by atoms with E-state index in [0.717, 1.165) is 0 Å². The summed E-state index contributed by atoms with van der Waals surface area (Å²) in [6.07, 6.45) is 0.0754. The molecule has 0 atom stereocenters. The van der Waals surface area contributed by atoms with Gasteiger partial charge in [-0.3, -0.25) is 10.1 Å². The van der Waals surface area contributed by atoms with Gasteiger partial charge in [-0.25, -0.2) is 4.39 Å². The summed E-state index contributed by atoms with van der Waals surface area (Å²) in [6, 6.07) is 3.38. The van der Waals surface area contributed by atoms with Gasteiger partial charge in [0, 0.05) is 12.8 Å². The van der Waals surface area contributed by atoms with Crippen LogP contribution in [-0.4, -0.2) is 44.6 Å². The number of hydrogen-bond donors (Lipinski definition) is 1. The molecule has 2 aromatic heterocycles. The van der Waals surface area contributed by atoms with Crippen LogP contribution in [0.3, 0.4) is 0 Å². The standard InChI is InChI=1S/C11H11BrFN5O2/c12-7-1-2-8-14-10(17-18(8)16-7)15-9(19)11(13)3-5-20-6-4-11/h1-2H,3-6H2,(H,15,17,19). The average molecular weight is 344 g/mol. The molecule has 1 saturated heterocycles. The Bertz CT molecular complexity index is 655. The van der Waals surface area contributed by atoms with Gasteiger partial charge in [-0.1, -0.05) is 0 Å². The summed E-state index contributed by atoms with van der Waals surface area (Å²) >= 11 is 3.20. The van der Waals surface area contributed by atoms with Gasteiger partial charge in [-0.2, -0.15) is 4.98 Å². The van der Waals surface area contributed by atoms with Gasteiger partial charge in [0.05, 0.1) is 13.2 Å². The molecule has 9 heteroatoms. The maximum Gasteiger partial charge on any atom is 0.264 e. The molecule has 0 saturated carbocycles. The fraction of sp³-hybridized carbons (Fsp3) is 0.455. The van der Waals surface area contributed by atoms with Crippen LogP contribution in [0, 0.1) is 0 Å². The first kappa shape index (κ1) is 13.4. The van der Waals surface area contributed by atoms with E-state index in [0.29, 0.717) is 10.3 Å². The summed E-state index contributed by atoms with van der Waals surface area (Å²) < 4.78 is 21.3. The number of ether oxygens (including phenoxy) is 1. The lowest BCUT2D eigenvalue weighted by Gasteiger charge is -2.27. The summed E-state index contributed by atoms with van der Waals surface area (Å²) in [6.45, 7) is 0.466. The molecule has 3 heterocycles. The van der Waals surface area contributed by atoms with E-state index in [1.54, 1.807) is 12.1 Å². The number of amides is 1. The fourth-order valence-electron chi connectivity index (χ4n) is 1.95. The number of halogens is 2. The highest BCUT2D eigenvalue weighted by atomic mass is 79.9. The third-order valence-electron chi connectivity index (χ3n) is 3.09. The molecule has 0 aromatic carbocycles. The molecule has 106 valence electrons. The first-order valence-electron chi connectivity index (χ1n) is 6.05. The quantitative estimate of drug-likeness (QED) is 0.889. The number of carbonyl (C=O) groups is 1. The van der Waals surface area contributed by atoms with Crippen molar-refractivity contribution in [1.29, 1.82) is 0 Å². The molecule has 0 bridgehead atoms. The molecule has 20 heavy (non-hydrogen) atoms. The number of hydrogen-bond acceptors (Lipinski definition) is 5. The van der Waals surface area contributed by atoms with Crippen molar-refractivity contribution < 1.29 is 13.9 Å². The van der Waals surface area contributed by atoms with Gasteiger partial charge in [0.1, 0.15) is 4.60 Å². The van der Waals surface area contributed by atoms with Crippen molar-refractivity contribution in [3.05, 3.63) is 16.7 Å². The van der Waals surface area contributed by atoms with Gasteiger partial charge < -0.3 is 4.74 Å². The van der Waals surface area contributed by atoms with E-state index in [1.165, 1.54) is 4.63 Å². The van der Waals surface area contributed by atoms with Crippen molar-refractivity contribution in [2.45, 2.75) is 18.5 Å². The Labute approximate surface area is 121 Å². The Hall–Kier alpha value is -1.61. The third-order valence-corrected chi connectivity index (χ3v) is 3.52. The van der Waals surface area contributed by atoms with E-state index >= 15 is 0 Å². The summed E-state index contributed by atoms with van der Waals surface area (Å²) in [7, 11) is 0. The zero-order chi connectivity index (χ0) is 14.2. The van der Waals surface area contributed by atoms with Crippen molar-refractivity contribution >= 4 is 33.4 Å². The van der Waals surface area contributed by atoms with Crippen LogP contribution < -0.4 is 5.32 Å². The lowest BCUT2D eigenvalue weighted by Crippen LogP contribution is -2.43. The van der Waals surface area contributed by atoms with Crippen molar-refractivity contribution in [2.75, 3.05) is 18.5 Å². The largest absolute Gasteiger partial charge is 0.381 e. The smallest absolute Gasteiger partial charge is 0.264 e. The van der Waals surface area contributed by atoms with Gasteiger partial charge in [0.15, 0.2) is 11.3 Å². The molecule has 0 unspecified atom stereocenters. The van der Waals surface area contributed by atoms with Crippen LogP contribution in [0.5, 0.6) is 0 Å². The number of nitrogens with one attached hydrogen (secondary N) is 1. The topological polar surface area (TPSA) is 81.4 Å². The molecular weight excluding hydrogens is 333 g/mol. The molecule has 7 nitrogen and oxygen atoms in total. The lowest BCUT2D eigenvalue weighted by molar-refractivity contribution is -0.133. The van der Waals surface area contributed by atoms with E-state index in [-0.39, 0.29) is 32.0 Å². The van der Waals surface area contributed by atoms with Crippen LogP contribution >= 0.6 is 15.9 Å². The van der Waals surface area contributed by atoms with E-state index in [1.807, 2.05) is 0 Å². The lowest BCUT2D eigenvalue weighted by atomic mass is 9.96. The molecule has 1 N–H and O–H groups in total. The first-order valence-corrected chi connectivity index (χ1v) is 6.84. The normalized spacial score (nSPS) is 18.1. The predicted octanol–water partition coefficient (Wildman–Crippen LogP) is 1.34. The molecule has 0 spiro atoms. The van der Waals surface area contributed by atoms with Crippen LogP contribution in [-0.2, 0) is 9.53 Å². The Morgan fingerprint density at radius 2 is 2.15 bits per heavy atom. The Morgan fingerprint density at radius 3 is 2.90 bits per heavy atom. The van der Waals surface area contributed by atoms with Gasteiger partial charge in [0.2, 0.25) is 0 Å². The predicted molar refractivity (Wildman–Crippen MR) is 71.0 cm³/mol. The van der Waals surface area contributed by atoms with Gasteiger partial charge >= 0.3 is 0 Å². The summed E-state index contributed by atoms with van der Waals surface area (Å²) in [4.78, 5) is 16.0. The zero-order valence-corrected chi connectivity index (χ0v) is 11.9. The maximum absolute atomic E-state index is 14.4. The molecule has 3 rings (SSSR count). The Morgan fingerprint density at radius 1 is 1.40 bits per heavy atom. The summed E-state index contributed by atoms with van der Waals surface area (Å²) in [5.41, 5.74) is -1.47. The summed E-state index contributed by atoms with van der Waals surface area (Å²) in [5.74, 6) is -0.708. The third kappa shape index (κ3) is 2.50. The van der Waals surface area contributed by atoms with Gasteiger partial charge in [-0.15, -0.1) is 14.8 Å². The van der Waals surface area contributed by atoms with Crippen LogP contribution in [0.4, 0.5) is 10.3 Å². The van der Waals surface area contributed by atoms with Crippen molar-refractivity contribution in [1.82, 2.24) is 19.8 Å². The van der Waals surface area contributed by atoms with Crippen LogP contribution in [0.2, 0.25) is 0 Å². The Balaban J connectivity index is 1.80. The van der Waals surface area contributed by atoms with Crippen LogP contribution in [0.25, 0.3) is 5.65 Å². The van der Waals surface area contributed by atoms with E-state index in [9.17, 15) is 9.18 Å². The number of carbonyl (C=O) groups excluding carboxylic acids is 1. The molecule has 1 aliphatic rings. The highest BCUT2D eigenvalue weighted by molar-refractivity contribution is 9.10. The average Bonchev–Trinajstić information content (AvgIpc) is 2.81. The van der Waals surface area contributed by atoms with Crippen molar-refractivity contribution in [3.63, 3.8) is 0 Å². The van der Waals surface area contributed by atoms with Gasteiger partial charge in [0.25, 0.3) is 11.9 Å². The molecule has 2 aromatic rings. The van der Waals surface area contributed by atoms with E-state index in [2.05, 4.69) is 36.4 Å². The first-order chi connectivity index (χ1) is 9.57. The number of fused-ring (bicyclic) bond motifs is 1. The van der Waals surface area contributed by atoms with Crippen LogP contribution in [0.15, 0.2) is 16.7 Å². The molecule has 1 aliphatic heterocycles. The SMILES string of the molecule is O=C(Nc1nc2ccc(Br)nn2n1)C1(F)CCOCC1. The van der Waals surface area contributed by atoms with E-state index < -0.39 is 11.6 Å². The number of rotatable bonds is 2. The second kappa shape index (κ2) is 5.06. The minimum Gasteiger partial charge on any atom is -0.381 e. The summed E-state index contributed by atoms with van der Waals surface area (Å²) in [5, 5.41) is 10.4. The molecular formula is C11H11BrFN5O2. The number of nitrogens with zero attached hydrogens (tertiary/aromatic N) is 4. The highest BCUT2D eigenvalue weighted by Gasteiger charge is 2.40. The highest BCUT2D eigenvalue weighted by Crippen LogP contribution is 2.26. The maximum atomic E-state index is 14.4. The van der Waals surface area contributed by atoms with Gasteiger partial charge in [-0.05, 0) is 28.1 Å². The zero-order valence-electron chi connectivity index (χ0n) is 10.3. The second-order valence-electron chi connectivity index (χ2n) is 4.47. The minimum atomic E-state index is -1.93. The number of aromatic nitrogens is 4. The molecule has 0 aliphatic carbocycles. The number of anilines is 1. The fourth-order valence-corrected chi connectivity index (χ4v) is 2.23. The number of alkyl halides is 1. The molecule has 1 amide bonds. The molecule has 0 radical (unpaired) electrons. The minimum absolute atomic E-state index is 0.0316. The van der Waals surface area contributed by atoms with Crippen molar-refractivity contribution in [3.8, 4) is 0 Å². The molecule has 1 fully saturated rings.